The smallest absolute Gasteiger partial charge is 0.133 e. The van der Waals surface area contributed by atoms with Crippen LogP contribution in [0.1, 0.15) is 79.1 Å². The van der Waals surface area contributed by atoms with Crippen LogP contribution < -0.4 is 0 Å². The van der Waals surface area contributed by atoms with Gasteiger partial charge in [-0.3, -0.25) is 4.79 Å². The summed E-state index contributed by atoms with van der Waals surface area (Å²) in [5.41, 5.74) is -0.00623. The molecule has 5 rings (SSSR count). The highest BCUT2D eigenvalue weighted by molar-refractivity contribution is 5.79. The minimum absolute atomic E-state index is 0.222. The predicted octanol–water partition coefficient (Wildman–Crippen LogP) is 4.36. The van der Waals surface area contributed by atoms with Gasteiger partial charge in [-0.05, 0) is 101 Å². The van der Waals surface area contributed by atoms with E-state index in [4.69, 9.17) is 4.74 Å². The maximum absolute atomic E-state index is 12.3. The standard InChI is InChI=1S/C23H36O3/c1-13(24)16-5-6-17-15-11-20-19-12-21(3,25)9-10-23(19,14(2)26-20)18(15)7-8-22(16,17)4/h14-20,25H,5-12H2,1-4H3/t14-,15+,16-,17+,18?,19?,20-,21-,22-,23?/m1/s1. The van der Waals surface area contributed by atoms with Gasteiger partial charge >= 0.3 is 0 Å². The highest BCUT2D eigenvalue weighted by Crippen LogP contribution is 2.71. The third-order valence-corrected chi connectivity index (χ3v) is 10.2. The lowest BCUT2D eigenvalue weighted by Gasteiger charge is -2.61. The van der Waals surface area contributed by atoms with Crippen LogP contribution in [0, 0.1) is 40.4 Å². The van der Waals surface area contributed by atoms with Gasteiger partial charge in [-0.15, -0.1) is 0 Å². The van der Waals surface area contributed by atoms with Crippen molar-refractivity contribution in [2.45, 2.75) is 96.9 Å². The van der Waals surface area contributed by atoms with Crippen LogP contribution in [0.2, 0.25) is 0 Å². The first kappa shape index (κ1) is 17.7. The molecule has 0 aromatic rings. The van der Waals surface area contributed by atoms with Crippen LogP contribution in [0.5, 0.6) is 0 Å². The first-order chi connectivity index (χ1) is 12.2. The third kappa shape index (κ3) is 2.05. The Morgan fingerprint density at radius 3 is 2.54 bits per heavy atom. The first-order valence-corrected chi connectivity index (χ1v) is 11.1. The molecular formula is C23H36O3. The van der Waals surface area contributed by atoms with Gasteiger partial charge < -0.3 is 9.84 Å². The molecule has 1 heterocycles. The molecule has 1 N–H and O–H groups in total. The molecule has 3 unspecified atom stereocenters. The molecule has 0 aromatic carbocycles. The fraction of sp³-hybridized carbons (Fsp3) is 0.957. The van der Waals surface area contributed by atoms with Gasteiger partial charge in [0.25, 0.3) is 0 Å². The maximum Gasteiger partial charge on any atom is 0.133 e. The molecule has 0 radical (unpaired) electrons. The number of carbonyl (C=O) groups excluding carboxylic acids is 1. The van der Waals surface area contributed by atoms with Crippen molar-refractivity contribution in [2.24, 2.45) is 40.4 Å². The second-order valence-corrected chi connectivity index (χ2v) is 11.1. The van der Waals surface area contributed by atoms with E-state index in [1.165, 1.54) is 25.7 Å². The van der Waals surface area contributed by atoms with Crippen molar-refractivity contribution in [1.82, 2.24) is 0 Å². The molecule has 5 fully saturated rings. The molecule has 146 valence electrons. The summed E-state index contributed by atoms with van der Waals surface area (Å²) in [6.45, 7) is 8.59. The van der Waals surface area contributed by atoms with Crippen LogP contribution in [0.15, 0.2) is 0 Å². The molecule has 1 aliphatic heterocycles. The van der Waals surface area contributed by atoms with E-state index in [1.807, 2.05) is 13.8 Å². The molecule has 4 saturated carbocycles. The van der Waals surface area contributed by atoms with Crippen LogP contribution in [0.3, 0.4) is 0 Å². The van der Waals surface area contributed by atoms with Crippen LogP contribution in [0.4, 0.5) is 0 Å². The summed E-state index contributed by atoms with van der Waals surface area (Å²) < 4.78 is 6.59. The number of fused-ring (bicyclic) bond motifs is 3. The van der Waals surface area contributed by atoms with Crippen LogP contribution in [0.25, 0.3) is 0 Å². The van der Waals surface area contributed by atoms with E-state index in [-0.39, 0.29) is 16.7 Å². The van der Waals surface area contributed by atoms with Gasteiger partial charge in [0.05, 0.1) is 17.8 Å². The Morgan fingerprint density at radius 2 is 1.81 bits per heavy atom. The Kier molecular flexibility index (Phi) is 3.63. The minimum atomic E-state index is -0.511. The van der Waals surface area contributed by atoms with Crippen molar-refractivity contribution in [2.75, 3.05) is 0 Å². The summed E-state index contributed by atoms with van der Waals surface area (Å²) in [6, 6.07) is 0. The largest absolute Gasteiger partial charge is 0.390 e. The molecular weight excluding hydrogens is 324 g/mol. The number of ketones is 1. The van der Waals surface area contributed by atoms with Gasteiger partial charge in [0.1, 0.15) is 5.78 Å². The van der Waals surface area contributed by atoms with Crippen LogP contribution in [-0.4, -0.2) is 28.7 Å². The van der Waals surface area contributed by atoms with E-state index in [1.54, 1.807) is 0 Å². The fourth-order valence-electron chi connectivity index (χ4n) is 9.10. The second kappa shape index (κ2) is 5.35. The van der Waals surface area contributed by atoms with E-state index in [0.29, 0.717) is 29.8 Å². The van der Waals surface area contributed by atoms with Gasteiger partial charge in [0, 0.05) is 11.3 Å². The van der Waals surface area contributed by atoms with Gasteiger partial charge in [-0.1, -0.05) is 6.92 Å². The zero-order valence-electron chi connectivity index (χ0n) is 17.0. The lowest BCUT2D eigenvalue weighted by atomic mass is 9.42. The number of carbonyl (C=O) groups is 1. The number of rotatable bonds is 1. The van der Waals surface area contributed by atoms with Gasteiger partial charge in [0.15, 0.2) is 0 Å². The summed E-state index contributed by atoms with van der Waals surface area (Å²) in [5.74, 6) is 3.41. The van der Waals surface area contributed by atoms with Crippen molar-refractivity contribution in [3.05, 3.63) is 0 Å². The number of aliphatic hydroxyl groups is 1. The van der Waals surface area contributed by atoms with Gasteiger partial charge in [-0.25, -0.2) is 0 Å². The Labute approximate surface area is 158 Å². The molecule has 5 aliphatic rings. The molecule has 0 amide bonds. The summed E-state index contributed by atoms with van der Waals surface area (Å²) >= 11 is 0. The Balaban J connectivity index is 1.51. The van der Waals surface area contributed by atoms with Crippen molar-refractivity contribution >= 4 is 5.78 Å². The molecule has 1 saturated heterocycles. The summed E-state index contributed by atoms with van der Waals surface area (Å²) in [5, 5.41) is 10.7. The topological polar surface area (TPSA) is 46.5 Å². The van der Waals surface area contributed by atoms with Gasteiger partial charge in [0.2, 0.25) is 0 Å². The molecule has 3 heteroatoms. The van der Waals surface area contributed by atoms with Gasteiger partial charge in [-0.2, -0.15) is 0 Å². The van der Waals surface area contributed by atoms with Crippen molar-refractivity contribution in [1.29, 1.82) is 0 Å². The molecule has 10 atom stereocenters. The number of hydrogen-bond acceptors (Lipinski definition) is 3. The Morgan fingerprint density at radius 1 is 1.04 bits per heavy atom. The Bertz CT molecular complexity index is 627. The van der Waals surface area contributed by atoms with E-state index < -0.39 is 5.60 Å². The molecule has 0 spiro atoms. The summed E-state index contributed by atoms with van der Waals surface area (Å²) in [6.07, 6.45) is 9.62. The maximum atomic E-state index is 12.3. The summed E-state index contributed by atoms with van der Waals surface area (Å²) in [4.78, 5) is 12.3. The zero-order chi connectivity index (χ0) is 18.5. The van der Waals surface area contributed by atoms with E-state index in [2.05, 4.69) is 13.8 Å². The quantitative estimate of drug-likeness (QED) is 0.755. The average Bonchev–Trinajstić information content (AvgIpc) is 2.99. The second-order valence-electron chi connectivity index (χ2n) is 11.1. The average molecular weight is 361 g/mol. The third-order valence-electron chi connectivity index (χ3n) is 10.2. The number of Topliss-reactive ketones (excluding diaryl/α,β-unsaturated/α-hetero) is 1. The van der Waals surface area contributed by atoms with Crippen molar-refractivity contribution in [3.8, 4) is 0 Å². The van der Waals surface area contributed by atoms with Crippen molar-refractivity contribution < 1.29 is 14.6 Å². The zero-order valence-corrected chi connectivity index (χ0v) is 17.0. The Hall–Kier alpha value is -0.410. The predicted molar refractivity (Wildman–Crippen MR) is 101 cm³/mol. The fourth-order valence-corrected chi connectivity index (χ4v) is 9.10. The lowest BCUT2D eigenvalue weighted by molar-refractivity contribution is -0.147. The molecule has 3 nitrogen and oxygen atoms in total. The number of ether oxygens (including phenoxy) is 1. The lowest BCUT2D eigenvalue weighted by Crippen LogP contribution is -2.59. The van der Waals surface area contributed by atoms with Crippen molar-refractivity contribution in [3.63, 3.8) is 0 Å². The SMILES string of the molecule is CC(=O)[C@H]1CC[C@H]2[C@@H]3C[C@H]4O[C@H](C)C5(CC[C@@](C)(O)CC45)C3CC[C@]12C. The molecule has 0 aromatic heterocycles. The molecule has 4 aliphatic carbocycles. The monoisotopic (exact) mass is 360 g/mol. The normalized spacial score (nSPS) is 60.9. The summed E-state index contributed by atoms with van der Waals surface area (Å²) in [7, 11) is 0. The van der Waals surface area contributed by atoms with E-state index in [0.717, 1.165) is 37.5 Å². The molecule has 2 bridgehead atoms. The number of hydrogen-bond donors (Lipinski definition) is 1. The highest BCUT2D eigenvalue weighted by atomic mass is 16.5. The minimum Gasteiger partial charge on any atom is -0.390 e. The van der Waals surface area contributed by atoms with E-state index >= 15 is 0 Å². The first-order valence-electron chi connectivity index (χ1n) is 11.1. The van der Waals surface area contributed by atoms with Crippen LogP contribution >= 0.6 is 0 Å². The molecule has 26 heavy (non-hydrogen) atoms. The van der Waals surface area contributed by atoms with Crippen LogP contribution in [-0.2, 0) is 9.53 Å². The highest BCUT2D eigenvalue weighted by Gasteiger charge is 2.69. The van der Waals surface area contributed by atoms with E-state index in [9.17, 15) is 9.90 Å².